The molecular formula is C19H22BrFN2OS. The van der Waals surface area contributed by atoms with Gasteiger partial charge in [-0.15, -0.1) is 11.3 Å². The number of nitrogens with zero attached hydrogens (tertiary/aromatic N) is 2. The molecule has 1 amide bonds. The van der Waals surface area contributed by atoms with Crippen LogP contribution in [0.3, 0.4) is 0 Å². The average molecular weight is 425 g/mol. The highest BCUT2D eigenvalue weighted by Crippen LogP contribution is 2.33. The number of rotatable bonds is 3. The van der Waals surface area contributed by atoms with Crippen molar-refractivity contribution in [2.45, 2.75) is 52.5 Å². The first kappa shape index (κ1) is 18.5. The van der Waals surface area contributed by atoms with Crippen LogP contribution in [0.1, 0.15) is 54.5 Å². The topological polar surface area (TPSA) is 34.4 Å². The highest BCUT2D eigenvalue weighted by Gasteiger charge is 2.27. The average Bonchev–Trinajstić information content (AvgIpc) is 3.25. The van der Waals surface area contributed by atoms with E-state index in [-0.39, 0.29) is 11.0 Å². The summed E-state index contributed by atoms with van der Waals surface area (Å²) in [5.74, 6) is -0.419. The minimum Gasteiger partial charge on any atom is -0.320 e. The molecule has 0 saturated heterocycles. The molecule has 0 N–H and O–H groups in total. The van der Waals surface area contributed by atoms with Crippen molar-refractivity contribution in [1.29, 1.82) is 0 Å². The second kappa shape index (κ2) is 6.80. The summed E-state index contributed by atoms with van der Waals surface area (Å²) in [6.07, 6.45) is 2.45. The molecule has 1 aromatic carbocycles. The van der Waals surface area contributed by atoms with E-state index < -0.39 is 11.7 Å². The van der Waals surface area contributed by atoms with E-state index in [9.17, 15) is 9.18 Å². The molecule has 1 aliphatic carbocycles. The summed E-state index contributed by atoms with van der Waals surface area (Å²) >= 11 is 4.75. The van der Waals surface area contributed by atoms with Gasteiger partial charge in [-0.05, 0) is 49.3 Å². The fourth-order valence-electron chi connectivity index (χ4n) is 2.85. The molecule has 1 fully saturated rings. The summed E-state index contributed by atoms with van der Waals surface area (Å²) in [5, 5.41) is 0. The molecule has 1 saturated carbocycles. The van der Waals surface area contributed by atoms with Crippen LogP contribution < -0.4 is 4.80 Å². The summed E-state index contributed by atoms with van der Waals surface area (Å²) < 4.78 is 16.8. The van der Waals surface area contributed by atoms with Crippen LogP contribution in [0, 0.1) is 18.7 Å². The van der Waals surface area contributed by atoms with Crippen LogP contribution in [0.4, 0.5) is 4.39 Å². The molecule has 0 aliphatic heterocycles. The van der Waals surface area contributed by atoms with Gasteiger partial charge in [0.05, 0.1) is 5.56 Å². The van der Waals surface area contributed by atoms with Gasteiger partial charge in [0.1, 0.15) is 5.82 Å². The second-order valence-electron chi connectivity index (χ2n) is 7.64. The van der Waals surface area contributed by atoms with Crippen molar-refractivity contribution >= 4 is 33.2 Å². The van der Waals surface area contributed by atoms with Gasteiger partial charge in [-0.2, -0.15) is 4.99 Å². The standard InChI is InChI=1S/C19H22BrFN2OS/c1-11-16(19(2,3)4)25-18(23(11)10-12-5-6-12)22-17(24)14-8-7-13(20)9-15(14)21/h7-9,12H,5-6,10H2,1-4H3/b22-18-. The van der Waals surface area contributed by atoms with Gasteiger partial charge in [-0.3, -0.25) is 4.79 Å². The smallest absolute Gasteiger partial charge is 0.282 e. The summed E-state index contributed by atoms with van der Waals surface area (Å²) in [6.45, 7) is 9.45. The number of carbonyl (C=O) groups excluding carboxylic acids is 1. The maximum absolute atomic E-state index is 14.1. The lowest BCUT2D eigenvalue weighted by atomic mass is 9.93. The highest BCUT2D eigenvalue weighted by molar-refractivity contribution is 9.10. The monoisotopic (exact) mass is 424 g/mol. The van der Waals surface area contributed by atoms with Crippen LogP contribution in [0.15, 0.2) is 27.7 Å². The normalized spacial score (nSPS) is 15.7. The van der Waals surface area contributed by atoms with E-state index >= 15 is 0 Å². The molecule has 0 spiro atoms. The molecule has 134 valence electrons. The van der Waals surface area contributed by atoms with E-state index in [0.717, 1.165) is 12.2 Å². The first-order chi connectivity index (χ1) is 11.7. The van der Waals surface area contributed by atoms with Crippen molar-refractivity contribution in [2.24, 2.45) is 10.9 Å². The first-order valence-corrected chi connectivity index (χ1v) is 10.0. The third kappa shape index (κ3) is 4.11. The van der Waals surface area contributed by atoms with Gasteiger partial charge in [-0.1, -0.05) is 36.7 Å². The quantitative estimate of drug-likeness (QED) is 0.665. The van der Waals surface area contributed by atoms with Crippen molar-refractivity contribution in [2.75, 3.05) is 0 Å². The zero-order valence-electron chi connectivity index (χ0n) is 14.9. The number of hydrogen-bond donors (Lipinski definition) is 0. The van der Waals surface area contributed by atoms with Crippen LogP contribution in [0.25, 0.3) is 0 Å². The summed E-state index contributed by atoms with van der Waals surface area (Å²) in [5.41, 5.74) is 1.15. The molecule has 1 aliphatic rings. The van der Waals surface area contributed by atoms with E-state index in [1.807, 2.05) is 0 Å². The molecular weight excluding hydrogens is 403 g/mol. The maximum Gasteiger partial charge on any atom is 0.282 e. The molecule has 0 radical (unpaired) electrons. The Morgan fingerprint density at radius 3 is 2.64 bits per heavy atom. The van der Waals surface area contributed by atoms with Gasteiger partial charge in [0, 0.05) is 21.6 Å². The van der Waals surface area contributed by atoms with E-state index in [1.54, 1.807) is 6.07 Å². The second-order valence-corrected chi connectivity index (χ2v) is 9.54. The number of aromatic nitrogens is 1. The largest absolute Gasteiger partial charge is 0.320 e. The van der Waals surface area contributed by atoms with Gasteiger partial charge in [0.15, 0.2) is 4.80 Å². The Labute approximate surface area is 159 Å². The molecule has 0 atom stereocenters. The van der Waals surface area contributed by atoms with Crippen LogP contribution >= 0.6 is 27.3 Å². The van der Waals surface area contributed by atoms with Crippen molar-refractivity contribution < 1.29 is 9.18 Å². The number of amides is 1. The van der Waals surface area contributed by atoms with E-state index in [0.29, 0.717) is 15.2 Å². The van der Waals surface area contributed by atoms with Gasteiger partial charge < -0.3 is 4.57 Å². The Kier molecular flexibility index (Phi) is 5.04. The molecule has 3 rings (SSSR count). The van der Waals surface area contributed by atoms with E-state index in [2.05, 4.69) is 53.2 Å². The molecule has 1 heterocycles. The van der Waals surface area contributed by atoms with Crippen molar-refractivity contribution in [3.8, 4) is 0 Å². The molecule has 0 bridgehead atoms. The zero-order chi connectivity index (χ0) is 18.4. The number of halogens is 2. The molecule has 6 heteroatoms. The number of thiazole rings is 1. The number of carbonyl (C=O) groups is 1. The van der Waals surface area contributed by atoms with E-state index in [1.165, 1.54) is 41.2 Å². The van der Waals surface area contributed by atoms with Crippen molar-refractivity contribution in [3.05, 3.63) is 49.4 Å². The van der Waals surface area contributed by atoms with Crippen LogP contribution in [-0.2, 0) is 12.0 Å². The van der Waals surface area contributed by atoms with Gasteiger partial charge in [-0.25, -0.2) is 4.39 Å². The van der Waals surface area contributed by atoms with E-state index in [4.69, 9.17) is 0 Å². The SMILES string of the molecule is Cc1c(C(C)(C)C)s/c(=N\C(=O)c2ccc(Br)cc2F)n1CC1CC1. The summed E-state index contributed by atoms with van der Waals surface area (Å²) in [7, 11) is 0. The third-order valence-electron chi connectivity index (χ3n) is 4.34. The molecule has 25 heavy (non-hydrogen) atoms. The number of benzene rings is 1. The highest BCUT2D eigenvalue weighted by atomic mass is 79.9. The fourth-order valence-corrected chi connectivity index (χ4v) is 4.38. The Balaban J connectivity index is 2.07. The molecule has 2 aromatic rings. The molecule has 3 nitrogen and oxygen atoms in total. The van der Waals surface area contributed by atoms with Crippen LogP contribution in [0.2, 0.25) is 0 Å². The Morgan fingerprint density at radius 2 is 2.08 bits per heavy atom. The lowest BCUT2D eigenvalue weighted by Gasteiger charge is -2.17. The summed E-state index contributed by atoms with van der Waals surface area (Å²) in [6, 6.07) is 4.42. The lowest BCUT2D eigenvalue weighted by Crippen LogP contribution is -2.20. The first-order valence-electron chi connectivity index (χ1n) is 8.41. The number of hydrogen-bond acceptors (Lipinski definition) is 2. The predicted molar refractivity (Wildman–Crippen MR) is 102 cm³/mol. The Bertz CT molecular complexity index is 888. The zero-order valence-corrected chi connectivity index (χ0v) is 17.3. The van der Waals surface area contributed by atoms with Crippen molar-refractivity contribution in [1.82, 2.24) is 4.57 Å². The van der Waals surface area contributed by atoms with Crippen LogP contribution in [0.5, 0.6) is 0 Å². The Hall–Kier alpha value is -1.27. The minimum absolute atomic E-state index is 0.00420. The molecule has 0 unspecified atom stereocenters. The van der Waals surface area contributed by atoms with Gasteiger partial charge >= 0.3 is 0 Å². The van der Waals surface area contributed by atoms with Crippen molar-refractivity contribution in [3.63, 3.8) is 0 Å². The fraction of sp³-hybridized carbons (Fsp3) is 0.474. The van der Waals surface area contributed by atoms with Gasteiger partial charge in [0.2, 0.25) is 0 Å². The lowest BCUT2D eigenvalue weighted by molar-refractivity contribution is 0.0994. The minimum atomic E-state index is -0.554. The maximum atomic E-state index is 14.1. The van der Waals surface area contributed by atoms with Gasteiger partial charge in [0.25, 0.3) is 5.91 Å². The van der Waals surface area contributed by atoms with Crippen LogP contribution in [-0.4, -0.2) is 10.5 Å². The predicted octanol–water partition coefficient (Wildman–Crippen LogP) is 5.21. The Morgan fingerprint density at radius 1 is 1.40 bits per heavy atom. The molecule has 1 aromatic heterocycles. The summed E-state index contributed by atoms with van der Waals surface area (Å²) in [4.78, 5) is 18.7. The third-order valence-corrected chi connectivity index (χ3v) is 6.43.